The number of benzene rings is 3. The largest absolute Gasteiger partial charge is 0.494 e. The van der Waals surface area contributed by atoms with Gasteiger partial charge in [0.05, 0.1) is 13.2 Å². The fourth-order valence-electron chi connectivity index (χ4n) is 3.88. The summed E-state index contributed by atoms with van der Waals surface area (Å²) in [5, 5.41) is 11.7. The molecule has 3 aromatic carbocycles. The number of amides is 1. The van der Waals surface area contributed by atoms with Crippen LogP contribution in [-0.4, -0.2) is 35.7 Å². The summed E-state index contributed by atoms with van der Waals surface area (Å²) in [6.07, 6.45) is 2.12. The highest BCUT2D eigenvalue weighted by molar-refractivity contribution is 6.00. The zero-order valence-electron chi connectivity index (χ0n) is 17.7. The number of hydrogen-bond donors (Lipinski definition) is 1. The number of unbranched alkanes of at least 4 members (excludes halogenated alkanes) is 1. The van der Waals surface area contributed by atoms with Gasteiger partial charge in [-0.1, -0.05) is 61.9 Å². The third kappa shape index (κ3) is 4.14. The van der Waals surface area contributed by atoms with Gasteiger partial charge in [-0.3, -0.25) is 9.69 Å². The Morgan fingerprint density at radius 1 is 0.839 bits per heavy atom. The van der Waals surface area contributed by atoms with Gasteiger partial charge in [0.1, 0.15) is 18.1 Å². The number of carbonyl (C=O) groups is 1. The van der Waals surface area contributed by atoms with Crippen LogP contribution < -0.4 is 9.47 Å². The average Bonchev–Trinajstić information content (AvgIpc) is 3.04. The van der Waals surface area contributed by atoms with Gasteiger partial charge >= 0.3 is 0 Å². The van der Waals surface area contributed by atoms with E-state index in [0.717, 1.165) is 18.6 Å². The lowest BCUT2D eigenvalue weighted by Crippen LogP contribution is -2.46. The molecule has 31 heavy (non-hydrogen) atoms. The minimum atomic E-state index is -1.52. The van der Waals surface area contributed by atoms with Crippen molar-refractivity contribution in [3.05, 3.63) is 95.6 Å². The number of carbonyl (C=O) groups excluding carboxylic acids is 1. The summed E-state index contributed by atoms with van der Waals surface area (Å²) in [5.41, 5.74) is 0.249. The summed E-state index contributed by atoms with van der Waals surface area (Å²) in [7, 11) is 0. The van der Waals surface area contributed by atoms with E-state index >= 15 is 0 Å². The van der Waals surface area contributed by atoms with Crippen LogP contribution in [0.25, 0.3) is 0 Å². The first-order chi connectivity index (χ1) is 15.1. The van der Waals surface area contributed by atoms with Crippen molar-refractivity contribution < 1.29 is 19.4 Å². The van der Waals surface area contributed by atoms with E-state index in [1.165, 1.54) is 4.90 Å². The molecule has 0 saturated heterocycles. The zero-order valence-corrected chi connectivity index (χ0v) is 17.7. The van der Waals surface area contributed by atoms with Gasteiger partial charge in [-0.05, 0) is 36.8 Å². The molecule has 0 spiro atoms. The average molecular weight is 418 g/mol. The number of rotatable bonds is 9. The van der Waals surface area contributed by atoms with E-state index in [4.69, 9.17) is 9.47 Å². The van der Waals surface area contributed by atoms with Crippen LogP contribution in [0.15, 0.2) is 78.9 Å². The number of nitrogens with zero attached hydrogens (tertiary/aromatic N) is 1. The van der Waals surface area contributed by atoms with E-state index in [9.17, 15) is 9.90 Å². The van der Waals surface area contributed by atoms with E-state index in [0.29, 0.717) is 29.0 Å². The Labute approximate surface area is 182 Å². The maximum Gasteiger partial charge on any atom is 0.257 e. The molecule has 1 aliphatic heterocycles. The van der Waals surface area contributed by atoms with E-state index in [2.05, 4.69) is 6.92 Å². The molecule has 0 saturated carbocycles. The number of aliphatic hydroxyl groups is 1. The summed E-state index contributed by atoms with van der Waals surface area (Å²) < 4.78 is 11.5. The van der Waals surface area contributed by atoms with Crippen molar-refractivity contribution in [1.82, 2.24) is 4.90 Å². The lowest BCUT2D eigenvalue weighted by Gasteiger charge is -2.34. The molecule has 1 aliphatic rings. The van der Waals surface area contributed by atoms with Crippen molar-refractivity contribution in [2.45, 2.75) is 25.5 Å². The predicted octanol–water partition coefficient (Wildman–Crippen LogP) is 4.59. The zero-order chi connectivity index (χ0) is 21.7. The van der Waals surface area contributed by atoms with Gasteiger partial charge < -0.3 is 14.6 Å². The molecule has 1 N–H and O–H groups in total. The Hall–Kier alpha value is -3.31. The van der Waals surface area contributed by atoms with Crippen molar-refractivity contribution >= 4 is 5.91 Å². The SMILES string of the molecule is CCCCOc1ccc(OCCN2C(=O)c3ccccc3C2(O)c2ccccc2)cc1. The molecular weight excluding hydrogens is 390 g/mol. The molecule has 0 aromatic heterocycles. The molecule has 4 rings (SSSR count). The second kappa shape index (κ2) is 9.23. The van der Waals surface area contributed by atoms with Gasteiger partial charge in [0.25, 0.3) is 5.91 Å². The van der Waals surface area contributed by atoms with Crippen LogP contribution >= 0.6 is 0 Å². The number of ether oxygens (including phenoxy) is 2. The van der Waals surface area contributed by atoms with Crippen molar-refractivity contribution in [1.29, 1.82) is 0 Å². The van der Waals surface area contributed by atoms with Crippen molar-refractivity contribution in [2.75, 3.05) is 19.8 Å². The Morgan fingerprint density at radius 3 is 2.13 bits per heavy atom. The molecule has 5 nitrogen and oxygen atoms in total. The lowest BCUT2D eigenvalue weighted by molar-refractivity contribution is -0.0538. The topological polar surface area (TPSA) is 59.0 Å². The number of hydrogen-bond acceptors (Lipinski definition) is 4. The van der Waals surface area contributed by atoms with Gasteiger partial charge in [0, 0.05) is 16.7 Å². The van der Waals surface area contributed by atoms with E-state index in [-0.39, 0.29) is 19.1 Å². The van der Waals surface area contributed by atoms with E-state index in [1.54, 1.807) is 12.1 Å². The first kappa shape index (κ1) is 20.9. The molecular formula is C26H27NO4. The van der Waals surface area contributed by atoms with Crippen LogP contribution in [0.1, 0.15) is 41.3 Å². The maximum absolute atomic E-state index is 13.1. The molecule has 1 atom stereocenters. The molecule has 0 radical (unpaired) electrons. The second-order valence-electron chi connectivity index (χ2n) is 7.56. The van der Waals surface area contributed by atoms with Crippen LogP contribution in [0.3, 0.4) is 0 Å². The molecule has 3 aromatic rings. The van der Waals surface area contributed by atoms with Gasteiger partial charge in [-0.15, -0.1) is 0 Å². The Balaban J connectivity index is 1.47. The van der Waals surface area contributed by atoms with E-state index in [1.807, 2.05) is 66.7 Å². The highest BCUT2D eigenvalue weighted by atomic mass is 16.5. The molecule has 0 fully saturated rings. The standard InChI is InChI=1S/C26H27NO4/c1-2-3-18-30-21-13-15-22(16-14-21)31-19-17-27-25(28)23-11-7-8-12-24(23)26(27,29)20-9-5-4-6-10-20/h4-16,29H,2-3,17-19H2,1H3. The van der Waals surface area contributed by atoms with Crippen LogP contribution in [0.5, 0.6) is 11.5 Å². The number of fused-ring (bicyclic) bond motifs is 1. The first-order valence-electron chi connectivity index (χ1n) is 10.7. The van der Waals surface area contributed by atoms with Crippen LogP contribution in [0.2, 0.25) is 0 Å². The van der Waals surface area contributed by atoms with Crippen molar-refractivity contribution in [3.8, 4) is 11.5 Å². The van der Waals surface area contributed by atoms with Crippen LogP contribution in [-0.2, 0) is 5.72 Å². The summed E-state index contributed by atoms with van der Waals surface area (Å²) >= 11 is 0. The third-order valence-electron chi connectivity index (χ3n) is 5.52. The normalized spacial score (nSPS) is 17.5. The summed E-state index contributed by atoms with van der Waals surface area (Å²) in [6, 6.07) is 23.9. The summed E-state index contributed by atoms with van der Waals surface area (Å²) in [5.74, 6) is 1.30. The summed E-state index contributed by atoms with van der Waals surface area (Å²) in [6.45, 7) is 3.33. The van der Waals surface area contributed by atoms with Gasteiger partial charge in [0.15, 0.2) is 5.72 Å². The molecule has 1 heterocycles. The molecule has 160 valence electrons. The lowest BCUT2D eigenvalue weighted by atomic mass is 9.94. The Morgan fingerprint density at radius 2 is 1.45 bits per heavy atom. The molecule has 5 heteroatoms. The Bertz CT molecular complexity index is 1020. The second-order valence-corrected chi connectivity index (χ2v) is 7.56. The predicted molar refractivity (Wildman–Crippen MR) is 119 cm³/mol. The van der Waals surface area contributed by atoms with Crippen molar-refractivity contribution in [2.24, 2.45) is 0 Å². The minimum absolute atomic E-state index is 0.203. The van der Waals surface area contributed by atoms with Gasteiger partial charge in [-0.25, -0.2) is 0 Å². The van der Waals surface area contributed by atoms with Crippen molar-refractivity contribution in [3.63, 3.8) is 0 Å². The maximum atomic E-state index is 13.1. The smallest absolute Gasteiger partial charge is 0.257 e. The van der Waals surface area contributed by atoms with E-state index < -0.39 is 5.72 Å². The Kier molecular flexibility index (Phi) is 6.23. The third-order valence-corrected chi connectivity index (χ3v) is 5.52. The highest BCUT2D eigenvalue weighted by Gasteiger charge is 2.49. The molecule has 1 unspecified atom stereocenters. The monoisotopic (exact) mass is 417 g/mol. The molecule has 1 amide bonds. The van der Waals surface area contributed by atoms with Gasteiger partial charge in [0.2, 0.25) is 0 Å². The fourth-order valence-corrected chi connectivity index (χ4v) is 3.88. The quantitative estimate of drug-likeness (QED) is 0.517. The van der Waals surface area contributed by atoms with Crippen LogP contribution in [0, 0.1) is 0 Å². The fraction of sp³-hybridized carbons (Fsp3) is 0.269. The van der Waals surface area contributed by atoms with Gasteiger partial charge in [-0.2, -0.15) is 0 Å². The molecule has 0 bridgehead atoms. The van der Waals surface area contributed by atoms with Crippen LogP contribution in [0.4, 0.5) is 0 Å². The first-order valence-corrected chi connectivity index (χ1v) is 10.7. The molecule has 0 aliphatic carbocycles. The minimum Gasteiger partial charge on any atom is -0.494 e. The highest BCUT2D eigenvalue weighted by Crippen LogP contribution is 2.41. The summed E-state index contributed by atoms with van der Waals surface area (Å²) in [4.78, 5) is 14.6.